The molecule has 2 atom stereocenters. The number of rotatable bonds is 2. The number of hydrogen-bond donors (Lipinski definition) is 1. The first-order chi connectivity index (χ1) is 9.25. The third-order valence-electron chi connectivity index (χ3n) is 4.39. The highest BCUT2D eigenvalue weighted by Gasteiger charge is 2.32. The van der Waals surface area contributed by atoms with Gasteiger partial charge in [-0.3, -0.25) is 4.79 Å². The number of carbonyl (C=O) groups excluding carboxylic acids is 1. The zero-order valence-electron chi connectivity index (χ0n) is 11.4. The van der Waals surface area contributed by atoms with Gasteiger partial charge in [0.2, 0.25) is 5.91 Å². The molecule has 2 aliphatic rings. The summed E-state index contributed by atoms with van der Waals surface area (Å²) in [5.74, 6) is 0.826. The topological polar surface area (TPSA) is 38.3 Å². The van der Waals surface area contributed by atoms with Crippen LogP contribution < -0.4 is 5.32 Å². The third kappa shape index (κ3) is 2.52. The van der Waals surface area contributed by atoms with Crippen molar-refractivity contribution in [1.29, 1.82) is 0 Å². The molecule has 19 heavy (non-hydrogen) atoms. The lowest BCUT2D eigenvalue weighted by atomic mass is 9.97. The van der Waals surface area contributed by atoms with Gasteiger partial charge >= 0.3 is 0 Å². The quantitative estimate of drug-likeness (QED) is 0.886. The summed E-state index contributed by atoms with van der Waals surface area (Å²) in [6.45, 7) is 3.65. The molecular formula is C16H21NO2. The zero-order valence-corrected chi connectivity index (χ0v) is 11.4. The van der Waals surface area contributed by atoms with E-state index in [9.17, 15) is 4.79 Å². The summed E-state index contributed by atoms with van der Waals surface area (Å²) in [6, 6.07) is 8.64. The molecule has 0 spiro atoms. The standard InChI is InChI=1S/C16H21NO2/c1-11-10-13-4-2-3-5-14(13)15(11)17-16(18)12-6-8-19-9-7-12/h2-5,11-12,15H,6-10H2,1H3,(H,17,18). The average molecular weight is 259 g/mol. The van der Waals surface area contributed by atoms with Gasteiger partial charge < -0.3 is 10.1 Å². The molecule has 1 heterocycles. The first kappa shape index (κ1) is 12.7. The summed E-state index contributed by atoms with van der Waals surface area (Å²) < 4.78 is 5.32. The Bertz CT molecular complexity index is 466. The van der Waals surface area contributed by atoms with E-state index in [0.717, 1.165) is 32.5 Å². The van der Waals surface area contributed by atoms with E-state index in [4.69, 9.17) is 4.74 Å². The van der Waals surface area contributed by atoms with E-state index in [0.29, 0.717) is 5.92 Å². The summed E-state index contributed by atoms with van der Waals surface area (Å²) in [6.07, 6.45) is 2.78. The number of hydrogen-bond acceptors (Lipinski definition) is 2. The van der Waals surface area contributed by atoms with Gasteiger partial charge in [0.05, 0.1) is 6.04 Å². The maximum absolute atomic E-state index is 12.3. The molecule has 2 unspecified atom stereocenters. The zero-order chi connectivity index (χ0) is 13.2. The van der Waals surface area contributed by atoms with Crippen molar-refractivity contribution in [2.24, 2.45) is 11.8 Å². The molecule has 3 rings (SSSR count). The minimum absolute atomic E-state index is 0.133. The lowest BCUT2D eigenvalue weighted by Crippen LogP contribution is -2.37. The predicted molar refractivity (Wildman–Crippen MR) is 73.7 cm³/mol. The van der Waals surface area contributed by atoms with E-state index in [1.807, 2.05) is 0 Å². The Hall–Kier alpha value is -1.35. The Morgan fingerprint density at radius 2 is 2.00 bits per heavy atom. The van der Waals surface area contributed by atoms with Crippen molar-refractivity contribution in [2.75, 3.05) is 13.2 Å². The van der Waals surface area contributed by atoms with Crippen LogP contribution in [0.4, 0.5) is 0 Å². The Morgan fingerprint density at radius 1 is 1.26 bits per heavy atom. The van der Waals surface area contributed by atoms with Gasteiger partial charge in [0, 0.05) is 19.1 Å². The predicted octanol–water partition coefficient (Wildman–Crippen LogP) is 2.46. The average Bonchev–Trinajstić information content (AvgIpc) is 2.76. The van der Waals surface area contributed by atoms with E-state index >= 15 is 0 Å². The molecule has 1 saturated heterocycles. The summed E-state index contributed by atoms with van der Waals surface area (Å²) >= 11 is 0. The second-order valence-corrected chi connectivity index (χ2v) is 5.75. The highest BCUT2D eigenvalue weighted by molar-refractivity contribution is 5.79. The van der Waals surface area contributed by atoms with Crippen LogP contribution in [0.15, 0.2) is 24.3 Å². The van der Waals surface area contributed by atoms with Gasteiger partial charge in [-0.25, -0.2) is 0 Å². The van der Waals surface area contributed by atoms with Crippen molar-refractivity contribution in [3.05, 3.63) is 35.4 Å². The molecule has 0 aromatic heterocycles. The first-order valence-corrected chi connectivity index (χ1v) is 7.21. The molecule has 0 radical (unpaired) electrons. The van der Waals surface area contributed by atoms with E-state index in [1.165, 1.54) is 11.1 Å². The minimum atomic E-state index is 0.133. The van der Waals surface area contributed by atoms with Crippen LogP contribution in [0.3, 0.4) is 0 Å². The molecule has 1 aromatic carbocycles. The second-order valence-electron chi connectivity index (χ2n) is 5.75. The molecule has 1 N–H and O–H groups in total. The fourth-order valence-electron chi connectivity index (χ4n) is 3.25. The number of benzene rings is 1. The summed E-state index contributed by atoms with van der Waals surface area (Å²) in [4.78, 5) is 12.3. The van der Waals surface area contributed by atoms with Gasteiger partial charge in [-0.15, -0.1) is 0 Å². The Balaban J connectivity index is 1.71. The van der Waals surface area contributed by atoms with Crippen LogP contribution in [0, 0.1) is 11.8 Å². The van der Waals surface area contributed by atoms with Crippen LogP contribution in [0.2, 0.25) is 0 Å². The van der Waals surface area contributed by atoms with Crippen molar-refractivity contribution >= 4 is 5.91 Å². The fourth-order valence-corrected chi connectivity index (χ4v) is 3.25. The smallest absolute Gasteiger partial charge is 0.223 e. The monoisotopic (exact) mass is 259 g/mol. The molecule has 1 aliphatic heterocycles. The first-order valence-electron chi connectivity index (χ1n) is 7.21. The number of amides is 1. The van der Waals surface area contributed by atoms with Crippen molar-refractivity contribution in [3.8, 4) is 0 Å². The Kier molecular flexibility index (Phi) is 3.56. The van der Waals surface area contributed by atoms with E-state index < -0.39 is 0 Å². The Labute approximate surface area is 114 Å². The van der Waals surface area contributed by atoms with Crippen molar-refractivity contribution < 1.29 is 9.53 Å². The van der Waals surface area contributed by atoms with Gasteiger partial charge in [0.25, 0.3) is 0 Å². The van der Waals surface area contributed by atoms with Gasteiger partial charge in [-0.05, 0) is 36.3 Å². The molecule has 3 heteroatoms. The maximum atomic E-state index is 12.3. The van der Waals surface area contributed by atoms with Crippen LogP contribution >= 0.6 is 0 Å². The molecular weight excluding hydrogens is 238 g/mol. The van der Waals surface area contributed by atoms with Crippen molar-refractivity contribution in [1.82, 2.24) is 5.32 Å². The van der Waals surface area contributed by atoms with Crippen molar-refractivity contribution in [3.63, 3.8) is 0 Å². The molecule has 1 aromatic rings. The minimum Gasteiger partial charge on any atom is -0.381 e. The fraction of sp³-hybridized carbons (Fsp3) is 0.562. The highest BCUT2D eigenvalue weighted by atomic mass is 16.5. The van der Waals surface area contributed by atoms with Gasteiger partial charge in [-0.2, -0.15) is 0 Å². The normalized spacial score (nSPS) is 27.0. The summed E-state index contributed by atoms with van der Waals surface area (Å²) in [7, 11) is 0. The third-order valence-corrected chi connectivity index (χ3v) is 4.39. The number of fused-ring (bicyclic) bond motifs is 1. The second kappa shape index (κ2) is 5.33. The SMILES string of the molecule is CC1Cc2ccccc2C1NC(=O)C1CCOCC1. The van der Waals surface area contributed by atoms with Crippen molar-refractivity contribution in [2.45, 2.75) is 32.2 Å². The number of carbonyl (C=O) groups is 1. The number of nitrogens with one attached hydrogen (secondary N) is 1. The van der Waals surface area contributed by atoms with E-state index in [-0.39, 0.29) is 17.9 Å². The maximum Gasteiger partial charge on any atom is 0.223 e. The highest BCUT2D eigenvalue weighted by Crippen LogP contribution is 2.36. The molecule has 102 valence electrons. The van der Waals surface area contributed by atoms with E-state index in [1.54, 1.807) is 0 Å². The van der Waals surface area contributed by atoms with Crippen LogP contribution in [0.5, 0.6) is 0 Å². The van der Waals surface area contributed by atoms with Gasteiger partial charge in [0.1, 0.15) is 0 Å². The lowest BCUT2D eigenvalue weighted by Gasteiger charge is -2.25. The van der Waals surface area contributed by atoms with Crippen LogP contribution in [0.1, 0.15) is 36.9 Å². The molecule has 3 nitrogen and oxygen atoms in total. The van der Waals surface area contributed by atoms with E-state index in [2.05, 4.69) is 36.5 Å². The Morgan fingerprint density at radius 3 is 2.79 bits per heavy atom. The van der Waals surface area contributed by atoms with Crippen LogP contribution in [-0.2, 0) is 16.0 Å². The van der Waals surface area contributed by atoms with Gasteiger partial charge in [-0.1, -0.05) is 31.2 Å². The molecule has 1 amide bonds. The summed E-state index contributed by atoms with van der Waals surface area (Å²) in [5.41, 5.74) is 2.68. The molecule has 0 saturated carbocycles. The largest absolute Gasteiger partial charge is 0.381 e. The van der Waals surface area contributed by atoms with Crippen LogP contribution in [0.25, 0.3) is 0 Å². The number of ether oxygens (including phenoxy) is 1. The molecule has 1 fully saturated rings. The lowest BCUT2D eigenvalue weighted by molar-refractivity contribution is -0.128. The molecule has 1 aliphatic carbocycles. The molecule has 0 bridgehead atoms. The summed E-state index contributed by atoms with van der Waals surface area (Å²) in [5, 5.41) is 3.26. The van der Waals surface area contributed by atoms with Crippen LogP contribution in [-0.4, -0.2) is 19.1 Å². The van der Waals surface area contributed by atoms with Gasteiger partial charge in [0.15, 0.2) is 0 Å².